The molecule has 0 bridgehead atoms. The van der Waals surface area contributed by atoms with E-state index in [-0.39, 0.29) is 5.91 Å². The van der Waals surface area contributed by atoms with Gasteiger partial charge >= 0.3 is 24.3 Å². The van der Waals surface area contributed by atoms with E-state index in [1.807, 2.05) is 12.1 Å². The fourth-order valence-corrected chi connectivity index (χ4v) is 4.86. The fourth-order valence-electron chi connectivity index (χ4n) is 4.86. The average molecular weight is 650 g/mol. The first-order chi connectivity index (χ1) is 20.9. The number of aromatic nitrogens is 1. The molecule has 0 radical (unpaired) electrons. The van der Waals surface area contributed by atoms with Gasteiger partial charge in [-0.3, -0.25) is 14.7 Å². The number of carboxylic acids is 2. The number of alkyl halides is 6. The summed E-state index contributed by atoms with van der Waals surface area (Å²) in [6, 6.07) is 12.3. The van der Waals surface area contributed by atoms with Crippen molar-refractivity contribution in [1.29, 1.82) is 0 Å². The molecular formula is C30H37F6N3O6. The number of carboxylic acid groups (broad SMARTS) is 2. The molecule has 2 fully saturated rings. The number of hydrogen-bond donors (Lipinski definition) is 2. The van der Waals surface area contributed by atoms with Crippen molar-refractivity contribution in [2.75, 3.05) is 32.8 Å². The van der Waals surface area contributed by atoms with E-state index in [0.29, 0.717) is 17.8 Å². The quantitative estimate of drug-likeness (QED) is 0.381. The third kappa shape index (κ3) is 12.9. The average Bonchev–Trinajstić information content (AvgIpc) is 3.34. The van der Waals surface area contributed by atoms with E-state index in [9.17, 15) is 31.1 Å². The van der Waals surface area contributed by atoms with Crippen molar-refractivity contribution in [1.82, 2.24) is 14.8 Å². The number of para-hydroxylation sites is 1. The summed E-state index contributed by atoms with van der Waals surface area (Å²) in [6.45, 7) is 10.1. The van der Waals surface area contributed by atoms with Crippen LogP contribution in [0.15, 0.2) is 48.8 Å². The monoisotopic (exact) mass is 649 g/mol. The van der Waals surface area contributed by atoms with Gasteiger partial charge in [-0.1, -0.05) is 32.0 Å². The minimum atomic E-state index is -5.08. The first-order valence-electron chi connectivity index (χ1n) is 14.1. The van der Waals surface area contributed by atoms with Crippen molar-refractivity contribution in [2.24, 2.45) is 11.3 Å². The number of amides is 1. The number of nitrogens with zero attached hydrogens (tertiary/aromatic N) is 3. The highest BCUT2D eigenvalue weighted by Gasteiger charge is 2.41. The van der Waals surface area contributed by atoms with Crippen LogP contribution in [0.3, 0.4) is 0 Å². The van der Waals surface area contributed by atoms with Gasteiger partial charge < -0.3 is 19.8 Å². The van der Waals surface area contributed by atoms with E-state index in [4.69, 9.17) is 24.5 Å². The van der Waals surface area contributed by atoms with Gasteiger partial charge in [-0.25, -0.2) is 9.59 Å². The number of pyridine rings is 1. The number of piperidine rings is 1. The van der Waals surface area contributed by atoms with Crippen molar-refractivity contribution in [3.8, 4) is 5.75 Å². The molecule has 1 amide bonds. The van der Waals surface area contributed by atoms with Crippen molar-refractivity contribution in [3.05, 3.63) is 59.9 Å². The smallest absolute Gasteiger partial charge is 0.490 e. The van der Waals surface area contributed by atoms with E-state index in [1.54, 1.807) is 12.4 Å². The van der Waals surface area contributed by atoms with Gasteiger partial charge in [0.1, 0.15) is 5.75 Å². The zero-order chi connectivity index (χ0) is 33.8. The Bertz CT molecular complexity index is 1220. The SMILES string of the molecule is CC(C)COc1ccccc1CN1CCC2(CCN(C(=O)Cc3ccncc3)CC2)C1.O=C(O)C(F)(F)F.O=C(O)C(F)(F)F. The van der Waals surface area contributed by atoms with Crippen LogP contribution >= 0.6 is 0 Å². The van der Waals surface area contributed by atoms with Gasteiger partial charge in [0.2, 0.25) is 5.91 Å². The number of benzene rings is 1. The van der Waals surface area contributed by atoms with Crippen molar-refractivity contribution in [2.45, 2.75) is 58.4 Å². The molecule has 15 heteroatoms. The second-order valence-electron chi connectivity index (χ2n) is 11.3. The molecular weight excluding hydrogens is 612 g/mol. The Morgan fingerprint density at radius 2 is 1.40 bits per heavy atom. The zero-order valence-corrected chi connectivity index (χ0v) is 24.9. The second-order valence-corrected chi connectivity index (χ2v) is 11.3. The van der Waals surface area contributed by atoms with Crippen LogP contribution in [0.4, 0.5) is 26.3 Å². The summed E-state index contributed by atoms with van der Waals surface area (Å²) in [7, 11) is 0. The molecule has 0 unspecified atom stereocenters. The summed E-state index contributed by atoms with van der Waals surface area (Å²) in [5.41, 5.74) is 2.69. The van der Waals surface area contributed by atoms with Gasteiger partial charge in [-0.05, 0) is 60.9 Å². The van der Waals surface area contributed by atoms with E-state index < -0.39 is 24.3 Å². The molecule has 1 aromatic carbocycles. The number of likely N-dealkylation sites (tertiary alicyclic amines) is 2. The van der Waals surface area contributed by atoms with Crippen LogP contribution in [0.5, 0.6) is 5.75 Å². The summed E-state index contributed by atoms with van der Waals surface area (Å²) in [4.78, 5) is 39.2. The number of rotatable bonds is 7. The summed E-state index contributed by atoms with van der Waals surface area (Å²) in [5, 5.41) is 14.2. The van der Waals surface area contributed by atoms with Gasteiger partial charge in [-0.2, -0.15) is 26.3 Å². The highest BCUT2D eigenvalue weighted by molar-refractivity contribution is 5.78. The highest BCUT2D eigenvalue weighted by atomic mass is 19.4. The summed E-state index contributed by atoms with van der Waals surface area (Å²) in [6.07, 6.45) is -2.72. The maximum atomic E-state index is 12.7. The van der Waals surface area contributed by atoms with Crippen LogP contribution in [-0.2, 0) is 27.3 Å². The first kappa shape index (κ1) is 37.3. The number of aliphatic carboxylic acids is 2. The Hall–Kier alpha value is -3.88. The number of ether oxygens (including phenoxy) is 1. The predicted octanol–water partition coefficient (Wildman–Crippen LogP) is 5.44. The fraction of sp³-hybridized carbons (Fsp3) is 0.533. The van der Waals surface area contributed by atoms with E-state index in [2.05, 4.69) is 52.9 Å². The van der Waals surface area contributed by atoms with Gasteiger partial charge in [-0.15, -0.1) is 0 Å². The summed E-state index contributed by atoms with van der Waals surface area (Å²) in [5.74, 6) is -3.73. The minimum absolute atomic E-state index is 0.243. The zero-order valence-electron chi connectivity index (χ0n) is 24.9. The Labute approximate surface area is 256 Å². The van der Waals surface area contributed by atoms with Gasteiger partial charge in [0.25, 0.3) is 0 Å². The molecule has 45 heavy (non-hydrogen) atoms. The molecule has 0 saturated carbocycles. The van der Waals surface area contributed by atoms with E-state index in [0.717, 1.165) is 63.5 Å². The molecule has 1 aromatic heterocycles. The Morgan fingerprint density at radius 1 is 0.889 bits per heavy atom. The number of carbonyl (C=O) groups is 3. The van der Waals surface area contributed by atoms with Crippen molar-refractivity contribution in [3.63, 3.8) is 0 Å². The number of hydrogen-bond acceptors (Lipinski definition) is 6. The maximum absolute atomic E-state index is 12.7. The van der Waals surface area contributed by atoms with E-state index in [1.165, 1.54) is 12.0 Å². The maximum Gasteiger partial charge on any atom is 0.490 e. The summed E-state index contributed by atoms with van der Waals surface area (Å²) >= 11 is 0. The molecule has 2 N–H and O–H groups in total. The molecule has 2 aliphatic heterocycles. The molecule has 0 aliphatic carbocycles. The predicted molar refractivity (Wildman–Crippen MR) is 150 cm³/mol. The van der Waals surface area contributed by atoms with E-state index >= 15 is 0 Å². The molecule has 4 rings (SSSR count). The molecule has 2 aromatic rings. The Kier molecular flexibility index (Phi) is 13.6. The first-order valence-corrected chi connectivity index (χ1v) is 14.1. The molecule has 2 saturated heterocycles. The third-order valence-electron chi connectivity index (χ3n) is 7.22. The number of halogens is 6. The van der Waals surface area contributed by atoms with Crippen LogP contribution in [0.25, 0.3) is 0 Å². The third-order valence-corrected chi connectivity index (χ3v) is 7.22. The van der Waals surface area contributed by atoms with Crippen LogP contribution in [-0.4, -0.2) is 88.0 Å². The largest absolute Gasteiger partial charge is 0.493 e. The molecule has 250 valence electrons. The number of carbonyl (C=O) groups excluding carboxylic acids is 1. The van der Waals surface area contributed by atoms with Gasteiger partial charge in [0.15, 0.2) is 0 Å². The molecule has 3 heterocycles. The lowest BCUT2D eigenvalue weighted by molar-refractivity contribution is -0.193. The highest BCUT2D eigenvalue weighted by Crippen LogP contribution is 2.41. The lowest BCUT2D eigenvalue weighted by atomic mass is 9.77. The summed E-state index contributed by atoms with van der Waals surface area (Å²) < 4.78 is 69.5. The lowest BCUT2D eigenvalue weighted by Gasteiger charge is -2.39. The van der Waals surface area contributed by atoms with Crippen molar-refractivity contribution < 1.29 is 55.7 Å². The van der Waals surface area contributed by atoms with Gasteiger partial charge in [0.05, 0.1) is 13.0 Å². The minimum Gasteiger partial charge on any atom is -0.493 e. The van der Waals surface area contributed by atoms with Crippen LogP contribution in [0.2, 0.25) is 0 Å². The Balaban J connectivity index is 0.000000421. The Morgan fingerprint density at radius 3 is 1.91 bits per heavy atom. The van der Waals surface area contributed by atoms with Crippen molar-refractivity contribution >= 4 is 17.8 Å². The second kappa shape index (κ2) is 16.4. The lowest BCUT2D eigenvalue weighted by Crippen LogP contribution is -2.44. The molecule has 2 aliphatic rings. The van der Waals surface area contributed by atoms with Gasteiger partial charge in [0, 0.05) is 44.1 Å². The standard InChI is InChI=1S/C26H35N3O2.2C2HF3O2/c1-21(2)19-31-24-6-4-3-5-23(24)18-28-14-9-26(20-28)10-15-29(16-11-26)25(30)17-22-7-12-27-13-8-22;2*3-2(4,5)1(6)7/h3-8,12-13,21H,9-11,14-20H2,1-2H3;2*(H,6,7). The molecule has 0 atom stereocenters. The molecule has 9 nitrogen and oxygen atoms in total. The van der Waals surface area contributed by atoms with Crippen LogP contribution in [0, 0.1) is 11.3 Å². The van der Waals surface area contributed by atoms with Crippen LogP contribution in [0.1, 0.15) is 44.2 Å². The van der Waals surface area contributed by atoms with Crippen LogP contribution < -0.4 is 4.74 Å². The normalized spacial score (nSPS) is 16.3. The molecule has 1 spiro atoms. The topological polar surface area (TPSA) is 120 Å².